The second-order valence-corrected chi connectivity index (χ2v) is 4.31. The summed E-state index contributed by atoms with van der Waals surface area (Å²) in [5.41, 5.74) is 5.86. The molecule has 1 heterocycles. The molecule has 0 unspecified atom stereocenters. The van der Waals surface area contributed by atoms with Crippen molar-refractivity contribution in [3.63, 3.8) is 0 Å². The first-order chi connectivity index (χ1) is 8.11. The van der Waals surface area contributed by atoms with Crippen LogP contribution in [0.4, 0.5) is 4.39 Å². The van der Waals surface area contributed by atoms with Gasteiger partial charge in [0.05, 0.1) is 0 Å². The number of nitrogens with zero attached hydrogens (tertiary/aromatic N) is 1. The standard InChI is InChI=1S/C12H15FN2O2/c13-10-2-1-9(5-11(10)16)12(17)15-4-3-8(6-14)7-15/h1-2,5,8,16H,3-4,6-7,14H2/t8-/m1/s1. The third kappa shape index (κ3) is 2.39. The van der Waals surface area contributed by atoms with Crippen molar-refractivity contribution in [3.8, 4) is 5.75 Å². The smallest absolute Gasteiger partial charge is 0.254 e. The summed E-state index contributed by atoms with van der Waals surface area (Å²) in [6.07, 6.45) is 0.898. The van der Waals surface area contributed by atoms with E-state index in [-0.39, 0.29) is 5.91 Å². The first-order valence-corrected chi connectivity index (χ1v) is 5.59. The van der Waals surface area contributed by atoms with Gasteiger partial charge in [-0.2, -0.15) is 0 Å². The quantitative estimate of drug-likeness (QED) is 0.806. The maximum absolute atomic E-state index is 12.9. The molecule has 1 aromatic carbocycles. The molecule has 1 aliphatic rings. The number of amides is 1. The average molecular weight is 238 g/mol. The van der Waals surface area contributed by atoms with Crippen LogP contribution in [0, 0.1) is 11.7 Å². The molecule has 3 N–H and O–H groups in total. The zero-order valence-electron chi connectivity index (χ0n) is 9.40. The Morgan fingerprint density at radius 2 is 2.35 bits per heavy atom. The SMILES string of the molecule is NC[C@H]1CCN(C(=O)c2ccc(F)c(O)c2)C1. The monoisotopic (exact) mass is 238 g/mol. The molecule has 0 spiro atoms. The minimum atomic E-state index is -0.720. The highest BCUT2D eigenvalue weighted by molar-refractivity contribution is 5.94. The molecule has 1 saturated heterocycles. The molecule has 92 valence electrons. The van der Waals surface area contributed by atoms with Crippen molar-refractivity contribution in [2.75, 3.05) is 19.6 Å². The molecule has 2 rings (SSSR count). The highest BCUT2D eigenvalue weighted by atomic mass is 19.1. The lowest BCUT2D eigenvalue weighted by molar-refractivity contribution is 0.0787. The first kappa shape index (κ1) is 11.9. The predicted molar refractivity (Wildman–Crippen MR) is 61.1 cm³/mol. The van der Waals surface area contributed by atoms with Crippen molar-refractivity contribution in [1.29, 1.82) is 0 Å². The van der Waals surface area contributed by atoms with Gasteiger partial charge >= 0.3 is 0 Å². The van der Waals surface area contributed by atoms with Crippen LogP contribution in [0.15, 0.2) is 18.2 Å². The number of nitrogens with two attached hydrogens (primary N) is 1. The molecule has 1 atom stereocenters. The Balaban J connectivity index is 2.12. The highest BCUT2D eigenvalue weighted by Crippen LogP contribution is 2.21. The van der Waals surface area contributed by atoms with Crippen LogP contribution in [0.5, 0.6) is 5.75 Å². The Morgan fingerprint density at radius 1 is 1.59 bits per heavy atom. The van der Waals surface area contributed by atoms with Gasteiger partial charge in [-0.3, -0.25) is 4.79 Å². The van der Waals surface area contributed by atoms with Gasteiger partial charge in [0.2, 0.25) is 0 Å². The minimum absolute atomic E-state index is 0.184. The summed E-state index contributed by atoms with van der Waals surface area (Å²) in [4.78, 5) is 13.7. The third-order valence-corrected chi connectivity index (χ3v) is 3.10. The van der Waals surface area contributed by atoms with Crippen LogP contribution in [0.2, 0.25) is 0 Å². The molecular formula is C12H15FN2O2. The van der Waals surface area contributed by atoms with E-state index >= 15 is 0 Å². The van der Waals surface area contributed by atoms with Crippen LogP contribution in [0.1, 0.15) is 16.8 Å². The van der Waals surface area contributed by atoms with E-state index in [0.717, 1.165) is 18.6 Å². The molecule has 4 nitrogen and oxygen atoms in total. The number of aromatic hydroxyl groups is 1. The van der Waals surface area contributed by atoms with Gasteiger partial charge < -0.3 is 15.7 Å². The molecular weight excluding hydrogens is 223 g/mol. The fourth-order valence-corrected chi connectivity index (χ4v) is 2.04. The maximum atomic E-state index is 12.9. The lowest BCUT2D eigenvalue weighted by Crippen LogP contribution is -2.29. The van der Waals surface area contributed by atoms with E-state index in [9.17, 15) is 14.3 Å². The molecule has 17 heavy (non-hydrogen) atoms. The fraction of sp³-hybridized carbons (Fsp3) is 0.417. The Labute approximate surface area is 98.8 Å². The van der Waals surface area contributed by atoms with Crippen molar-refractivity contribution in [3.05, 3.63) is 29.6 Å². The minimum Gasteiger partial charge on any atom is -0.505 e. The summed E-state index contributed by atoms with van der Waals surface area (Å²) < 4.78 is 12.9. The van der Waals surface area contributed by atoms with Crippen LogP contribution in [-0.4, -0.2) is 35.5 Å². The number of phenols is 1. The highest BCUT2D eigenvalue weighted by Gasteiger charge is 2.26. The molecule has 0 saturated carbocycles. The number of rotatable bonds is 2. The van der Waals surface area contributed by atoms with E-state index in [2.05, 4.69) is 0 Å². The zero-order valence-corrected chi connectivity index (χ0v) is 9.40. The fourth-order valence-electron chi connectivity index (χ4n) is 2.04. The molecule has 0 aromatic heterocycles. The van der Waals surface area contributed by atoms with Gasteiger partial charge in [-0.25, -0.2) is 4.39 Å². The molecule has 0 aliphatic carbocycles. The van der Waals surface area contributed by atoms with Crippen LogP contribution >= 0.6 is 0 Å². The van der Waals surface area contributed by atoms with E-state index in [1.807, 2.05) is 0 Å². The number of halogens is 1. The largest absolute Gasteiger partial charge is 0.505 e. The van der Waals surface area contributed by atoms with E-state index in [0.29, 0.717) is 31.1 Å². The summed E-state index contributed by atoms with van der Waals surface area (Å²) >= 11 is 0. The summed E-state index contributed by atoms with van der Waals surface area (Å²) in [5, 5.41) is 9.22. The van der Waals surface area contributed by atoms with E-state index in [1.165, 1.54) is 6.07 Å². The molecule has 1 fully saturated rings. The van der Waals surface area contributed by atoms with Crippen LogP contribution < -0.4 is 5.73 Å². The van der Waals surface area contributed by atoms with Gasteiger partial charge in [-0.1, -0.05) is 0 Å². The van der Waals surface area contributed by atoms with E-state index in [1.54, 1.807) is 4.90 Å². The lowest BCUT2D eigenvalue weighted by Gasteiger charge is -2.16. The zero-order chi connectivity index (χ0) is 12.4. The Bertz CT molecular complexity index is 437. The molecule has 1 aliphatic heterocycles. The number of carbonyl (C=O) groups is 1. The lowest BCUT2D eigenvalue weighted by atomic mass is 10.1. The van der Waals surface area contributed by atoms with Crippen molar-refractivity contribution in [2.24, 2.45) is 11.7 Å². The molecule has 1 amide bonds. The van der Waals surface area contributed by atoms with Crippen molar-refractivity contribution >= 4 is 5.91 Å². The van der Waals surface area contributed by atoms with Crippen molar-refractivity contribution < 1.29 is 14.3 Å². The topological polar surface area (TPSA) is 66.6 Å². The first-order valence-electron chi connectivity index (χ1n) is 5.59. The Hall–Kier alpha value is -1.62. The predicted octanol–water partition coefficient (Wildman–Crippen LogP) is 0.952. The molecule has 0 bridgehead atoms. The van der Waals surface area contributed by atoms with Crippen LogP contribution in [-0.2, 0) is 0 Å². The number of phenolic OH excluding ortho intramolecular Hbond substituents is 1. The van der Waals surface area contributed by atoms with Gasteiger partial charge in [0, 0.05) is 18.7 Å². The van der Waals surface area contributed by atoms with Crippen LogP contribution in [0.3, 0.4) is 0 Å². The summed E-state index contributed by atoms with van der Waals surface area (Å²) in [6.45, 7) is 1.87. The number of benzene rings is 1. The number of carbonyl (C=O) groups excluding carboxylic acids is 1. The Kier molecular flexibility index (Phi) is 3.28. The van der Waals surface area contributed by atoms with Crippen molar-refractivity contribution in [1.82, 2.24) is 4.90 Å². The average Bonchev–Trinajstić information content (AvgIpc) is 2.80. The molecule has 0 radical (unpaired) electrons. The van der Waals surface area contributed by atoms with Crippen LogP contribution in [0.25, 0.3) is 0 Å². The third-order valence-electron chi connectivity index (χ3n) is 3.10. The summed E-state index contributed by atoms with van der Waals surface area (Å²) in [5.74, 6) is -1.06. The maximum Gasteiger partial charge on any atom is 0.254 e. The van der Waals surface area contributed by atoms with Gasteiger partial charge in [0.1, 0.15) is 0 Å². The normalized spacial score (nSPS) is 19.6. The number of likely N-dealkylation sites (tertiary alicyclic amines) is 1. The van der Waals surface area contributed by atoms with Gasteiger partial charge in [-0.15, -0.1) is 0 Å². The number of hydrogen-bond acceptors (Lipinski definition) is 3. The van der Waals surface area contributed by atoms with Gasteiger partial charge in [0.25, 0.3) is 5.91 Å². The van der Waals surface area contributed by atoms with Gasteiger partial charge in [0.15, 0.2) is 11.6 Å². The van der Waals surface area contributed by atoms with Crippen molar-refractivity contribution in [2.45, 2.75) is 6.42 Å². The molecule has 1 aromatic rings. The second kappa shape index (κ2) is 4.71. The summed E-state index contributed by atoms with van der Waals surface area (Å²) in [6, 6.07) is 3.64. The van der Waals surface area contributed by atoms with E-state index < -0.39 is 11.6 Å². The Morgan fingerprint density at radius 3 is 2.94 bits per heavy atom. The summed E-state index contributed by atoms with van der Waals surface area (Å²) in [7, 11) is 0. The van der Waals surface area contributed by atoms with E-state index in [4.69, 9.17) is 5.73 Å². The van der Waals surface area contributed by atoms with Gasteiger partial charge in [-0.05, 0) is 37.1 Å². The number of hydrogen-bond donors (Lipinski definition) is 2. The molecule has 5 heteroatoms. The second-order valence-electron chi connectivity index (χ2n) is 4.31.